The van der Waals surface area contributed by atoms with Gasteiger partial charge < -0.3 is 9.32 Å². The van der Waals surface area contributed by atoms with Crippen molar-refractivity contribution in [2.24, 2.45) is 0 Å². The summed E-state index contributed by atoms with van der Waals surface area (Å²) in [5.41, 5.74) is 19.7. The van der Waals surface area contributed by atoms with Gasteiger partial charge in [-0.05, 0) is 109 Å². The standard InChI is InChI=1S/C65H39NOS/c1-2-17-40(18-3-1)44-20-9-14-31-59(44)66(43-33-35-49-48-24-8-13-30-57(48)65(58(49)39-43)55-28-11-6-22-46(55)47-23-7-12-29-56(47)65)42-34-36-60-53(38-42)54-37-41-19-4-5-21-45(41)62(63(54)67-60)52-27-16-26-51-50-25-10-15-32-61(50)68-64(51)52/h1-39H. The van der Waals surface area contributed by atoms with E-state index in [4.69, 9.17) is 4.42 Å². The summed E-state index contributed by atoms with van der Waals surface area (Å²) >= 11 is 1.86. The van der Waals surface area contributed by atoms with Gasteiger partial charge in [-0.25, -0.2) is 0 Å². The number of furan rings is 1. The minimum Gasteiger partial charge on any atom is -0.455 e. The highest BCUT2D eigenvalue weighted by molar-refractivity contribution is 7.26. The third-order valence-electron chi connectivity index (χ3n) is 14.9. The van der Waals surface area contributed by atoms with Gasteiger partial charge in [0.25, 0.3) is 0 Å². The first-order chi connectivity index (χ1) is 33.7. The maximum absolute atomic E-state index is 7.12. The van der Waals surface area contributed by atoms with Crippen molar-refractivity contribution >= 4 is 81.3 Å². The maximum Gasteiger partial charge on any atom is 0.143 e. The van der Waals surface area contributed by atoms with Crippen molar-refractivity contribution in [1.29, 1.82) is 0 Å². The summed E-state index contributed by atoms with van der Waals surface area (Å²) in [6.45, 7) is 0. The Labute approximate surface area is 397 Å². The van der Waals surface area contributed by atoms with Gasteiger partial charge in [0.15, 0.2) is 0 Å². The van der Waals surface area contributed by atoms with Gasteiger partial charge in [-0.2, -0.15) is 0 Å². The van der Waals surface area contributed by atoms with Crippen LogP contribution in [-0.2, 0) is 5.41 Å². The molecule has 0 amide bonds. The predicted molar refractivity (Wildman–Crippen MR) is 286 cm³/mol. The van der Waals surface area contributed by atoms with E-state index in [1.54, 1.807) is 0 Å². The molecule has 0 fully saturated rings. The zero-order chi connectivity index (χ0) is 44.5. The largest absolute Gasteiger partial charge is 0.455 e. The highest BCUT2D eigenvalue weighted by Crippen LogP contribution is 2.63. The normalized spacial score (nSPS) is 13.1. The van der Waals surface area contributed by atoms with Crippen molar-refractivity contribution in [2.75, 3.05) is 4.90 Å². The van der Waals surface area contributed by atoms with Crippen LogP contribution in [0.25, 0.3) is 97.4 Å². The lowest BCUT2D eigenvalue weighted by molar-refractivity contribution is 0.670. The molecule has 316 valence electrons. The van der Waals surface area contributed by atoms with Crippen LogP contribution in [0.3, 0.4) is 0 Å². The van der Waals surface area contributed by atoms with Crippen LogP contribution >= 0.6 is 11.3 Å². The molecule has 0 saturated carbocycles. The first-order valence-corrected chi connectivity index (χ1v) is 24.2. The second kappa shape index (κ2) is 14.3. The van der Waals surface area contributed by atoms with Crippen LogP contribution in [0.15, 0.2) is 241 Å². The zero-order valence-electron chi connectivity index (χ0n) is 36.8. The number of fused-ring (bicyclic) bond motifs is 17. The fourth-order valence-corrected chi connectivity index (χ4v) is 13.3. The molecule has 0 saturated heterocycles. The molecule has 2 aliphatic rings. The summed E-state index contributed by atoms with van der Waals surface area (Å²) in [4.78, 5) is 2.48. The molecular formula is C65H39NOS. The zero-order valence-corrected chi connectivity index (χ0v) is 37.6. The van der Waals surface area contributed by atoms with Crippen molar-refractivity contribution < 1.29 is 4.42 Å². The Morgan fingerprint density at radius 1 is 0.368 bits per heavy atom. The SMILES string of the molecule is c1ccc(-c2ccccc2N(c2ccc3c(c2)C2(c4ccccc4-c4ccccc42)c2ccccc2-3)c2ccc3oc4c(-c5cccc6c5sc5ccccc56)c5ccccc5cc4c3c2)cc1. The summed E-state index contributed by atoms with van der Waals surface area (Å²) in [5.74, 6) is 0. The van der Waals surface area contributed by atoms with Gasteiger partial charge >= 0.3 is 0 Å². The highest BCUT2D eigenvalue weighted by Gasteiger charge is 2.51. The number of anilines is 3. The van der Waals surface area contributed by atoms with Crippen LogP contribution in [-0.4, -0.2) is 0 Å². The van der Waals surface area contributed by atoms with E-state index < -0.39 is 5.41 Å². The van der Waals surface area contributed by atoms with Crippen molar-refractivity contribution in [3.05, 3.63) is 259 Å². The molecule has 2 heterocycles. The first-order valence-electron chi connectivity index (χ1n) is 23.4. The predicted octanol–water partition coefficient (Wildman–Crippen LogP) is 18.3. The Balaban J connectivity index is 1.00. The van der Waals surface area contributed by atoms with Crippen LogP contribution in [0.4, 0.5) is 17.1 Å². The summed E-state index contributed by atoms with van der Waals surface area (Å²) in [6, 6.07) is 87.4. The van der Waals surface area contributed by atoms with Crippen LogP contribution in [0.1, 0.15) is 22.3 Å². The van der Waals surface area contributed by atoms with E-state index in [0.29, 0.717) is 0 Å². The molecule has 15 rings (SSSR count). The molecule has 2 nitrogen and oxygen atoms in total. The van der Waals surface area contributed by atoms with E-state index in [2.05, 4.69) is 241 Å². The molecule has 68 heavy (non-hydrogen) atoms. The first kappa shape index (κ1) is 37.7. The maximum atomic E-state index is 7.12. The Hall–Kier alpha value is -8.50. The average Bonchev–Trinajstić information content (AvgIpc) is 4.14. The number of hydrogen-bond acceptors (Lipinski definition) is 3. The van der Waals surface area contributed by atoms with Crippen molar-refractivity contribution in [3.63, 3.8) is 0 Å². The molecule has 13 aromatic rings. The van der Waals surface area contributed by atoms with Crippen LogP contribution in [0, 0.1) is 0 Å². The van der Waals surface area contributed by atoms with Gasteiger partial charge in [0.2, 0.25) is 0 Å². The molecule has 0 atom stereocenters. The molecule has 11 aromatic carbocycles. The van der Waals surface area contributed by atoms with E-state index in [1.807, 2.05) is 11.3 Å². The second-order valence-electron chi connectivity index (χ2n) is 18.2. The minimum absolute atomic E-state index is 0.473. The number of para-hydroxylation sites is 1. The molecule has 0 radical (unpaired) electrons. The molecule has 2 aliphatic carbocycles. The van der Waals surface area contributed by atoms with Gasteiger partial charge in [-0.15, -0.1) is 11.3 Å². The van der Waals surface area contributed by atoms with Gasteiger partial charge in [0.05, 0.1) is 11.1 Å². The van der Waals surface area contributed by atoms with Crippen LogP contribution < -0.4 is 4.90 Å². The van der Waals surface area contributed by atoms with E-state index in [-0.39, 0.29) is 0 Å². The molecule has 2 aromatic heterocycles. The number of benzene rings is 11. The van der Waals surface area contributed by atoms with E-state index >= 15 is 0 Å². The van der Waals surface area contributed by atoms with Crippen molar-refractivity contribution in [2.45, 2.75) is 5.41 Å². The molecule has 0 N–H and O–H groups in total. The summed E-state index contributed by atoms with van der Waals surface area (Å²) in [6.07, 6.45) is 0. The highest BCUT2D eigenvalue weighted by atomic mass is 32.1. The fraction of sp³-hybridized carbons (Fsp3) is 0.0154. The molecule has 1 spiro atoms. The van der Waals surface area contributed by atoms with Gasteiger partial charge in [0, 0.05) is 59.0 Å². The molecular weight excluding hydrogens is 843 g/mol. The Bertz CT molecular complexity index is 4170. The number of nitrogens with zero attached hydrogens (tertiary/aromatic N) is 1. The van der Waals surface area contributed by atoms with Gasteiger partial charge in [0.1, 0.15) is 11.2 Å². The van der Waals surface area contributed by atoms with Gasteiger partial charge in [-0.3, -0.25) is 0 Å². The van der Waals surface area contributed by atoms with E-state index in [9.17, 15) is 0 Å². The lowest BCUT2D eigenvalue weighted by Gasteiger charge is -2.32. The minimum atomic E-state index is -0.473. The Kier molecular flexibility index (Phi) is 7.90. The quantitative estimate of drug-likeness (QED) is 0.171. The molecule has 0 aliphatic heterocycles. The fourth-order valence-electron chi connectivity index (χ4n) is 12.1. The Morgan fingerprint density at radius 2 is 0.941 bits per heavy atom. The van der Waals surface area contributed by atoms with Crippen molar-refractivity contribution in [1.82, 2.24) is 0 Å². The number of thiophene rings is 1. The lowest BCUT2D eigenvalue weighted by Crippen LogP contribution is -2.26. The van der Waals surface area contributed by atoms with Gasteiger partial charge in [-0.1, -0.05) is 188 Å². The average molecular weight is 882 g/mol. The van der Waals surface area contributed by atoms with E-state index in [0.717, 1.165) is 55.7 Å². The van der Waals surface area contributed by atoms with Crippen LogP contribution in [0.2, 0.25) is 0 Å². The monoisotopic (exact) mass is 881 g/mol. The smallest absolute Gasteiger partial charge is 0.143 e. The second-order valence-corrected chi connectivity index (χ2v) is 19.3. The topological polar surface area (TPSA) is 16.4 Å². The third kappa shape index (κ3) is 5.11. The molecule has 3 heteroatoms. The lowest BCUT2D eigenvalue weighted by atomic mass is 9.70. The molecule has 0 unspecified atom stereocenters. The van der Waals surface area contributed by atoms with Crippen molar-refractivity contribution in [3.8, 4) is 44.5 Å². The third-order valence-corrected chi connectivity index (χ3v) is 16.1. The Morgan fingerprint density at radius 3 is 1.71 bits per heavy atom. The summed E-state index contributed by atoms with van der Waals surface area (Å²) in [7, 11) is 0. The van der Waals surface area contributed by atoms with Crippen LogP contribution in [0.5, 0.6) is 0 Å². The summed E-state index contributed by atoms with van der Waals surface area (Å²) < 4.78 is 9.69. The summed E-state index contributed by atoms with van der Waals surface area (Å²) in [5, 5.41) is 7.13. The molecule has 0 bridgehead atoms. The number of rotatable bonds is 5. The van der Waals surface area contributed by atoms with E-state index in [1.165, 1.54) is 81.0 Å². The number of hydrogen-bond donors (Lipinski definition) is 0.